The Labute approximate surface area is 167 Å². The largest absolute Gasteiger partial charge is 0.492 e. The van der Waals surface area contributed by atoms with E-state index in [1.165, 1.54) is 0 Å². The molecular formula is C20H33N5O3. The van der Waals surface area contributed by atoms with Crippen LogP contribution in [0.1, 0.15) is 6.92 Å². The molecule has 2 N–H and O–H groups in total. The van der Waals surface area contributed by atoms with Crippen LogP contribution in [0.25, 0.3) is 0 Å². The minimum Gasteiger partial charge on any atom is -0.492 e. The van der Waals surface area contributed by atoms with Gasteiger partial charge in [-0.25, -0.2) is 4.99 Å². The van der Waals surface area contributed by atoms with E-state index in [1.807, 2.05) is 37.3 Å². The number of carbonyl (C=O) groups excluding carboxylic acids is 1. The molecule has 1 aromatic carbocycles. The SMILES string of the molecule is CCNC(=NCC(=O)NCCOC)N1CCN(CCOc2ccccc2)CC1. The van der Waals surface area contributed by atoms with Crippen molar-refractivity contribution in [3.8, 4) is 5.75 Å². The highest BCUT2D eigenvalue weighted by atomic mass is 16.5. The number of benzene rings is 1. The molecule has 8 heteroatoms. The number of rotatable bonds is 10. The standard InChI is InChI=1S/C20H33N5O3/c1-3-21-20(23-17-19(26)22-9-15-27-2)25-12-10-24(11-13-25)14-16-28-18-7-5-4-6-8-18/h4-8H,3,9-17H2,1-2H3,(H,21,23)(H,22,26). The topological polar surface area (TPSA) is 78.4 Å². The van der Waals surface area contributed by atoms with Crippen LogP contribution in [0, 0.1) is 0 Å². The van der Waals surface area contributed by atoms with E-state index >= 15 is 0 Å². The molecule has 0 spiro atoms. The number of carbonyl (C=O) groups is 1. The Morgan fingerprint density at radius 1 is 1.11 bits per heavy atom. The van der Waals surface area contributed by atoms with Gasteiger partial charge in [-0.05, 0) is 19.1 Å². The van der Waals surface area contributed by atoms with E-state index in [0.29, 0.717) is 19.8 Å². The maximum absolute atomic E-state index is 11.9. The number of nitrogens with one attached hydrogen (secondary N) is 2. The lowest BCUT2D eigenvalue weighted by atomic mass is 10.3. The van der Waals surface area contributed by atoms with Crippen LogP contribution >= 0.6 is 0 Å². The summed E-state index contributed by atoms with van der Waals surface area (Å²) < 4.78 is 10.7. The van der Waals surface area contributed by atoms with E-state index < -0.39 is 0 Å². The highest BCUT2D eigenvalue weighted by Crippen LogP contribution is 2.08. The van der Waals surface area contributed by atoms with Crippen molar-refractivity contribution in [3.63, 3.8) is 0 Å². The molecule has 0 aliphatic carbocycles. The Morgan fingerprint density at radius 2 is 1.86 bits per heavy atom. The summed E-state index contributed by atoms with van der Waals surface area (Å²) in [5.41, 5.74) is 0. The first-order chi connectivity index (χ1) is 13.7. The van der Waals surface area contributed by atoms with Gasteiger partial charge >= 0.3 is 0 Å². The molecule has 1 aromatic rings. The number of hydrogen-bond acceptors (Lipinski definition) is 5. The molecule has 0 aromatic heterocycles. The molecule has 0 unspecified atom stereocenters. The lowest BCUT2D eigenvalue weighted by molar-refractivity contribution is -0.119. The first-order valence-corrected chi connectivity index (χ1v) is 9.92. The molecule has 1 amide bonds. The smallest absolute Gasteiger partial charge is 0.241 e. The van der Waals surface area contributed by atoms with Crippen LogP contribution in [0.2, 0.25) is 0 Å². The molecular weight excluding hydrogens is 358 g/mol. The van der Waals surface area contributed by atoms with Gasteiger partial charge < -0.3 is 25.0 Å². The number of ether oxygens (including phenoxy) is 2. The van der Waals surface area contributed by atoms with Gasteiger partial charge in [0.15, 0.2) is 5.96 Å². The summed E-state index contributed by atoms with van der Waals surface area (Å²) in [5, 5.41) is 6.07. The van der Waals surface area contributed by atoms with E-state index in [2.05, 4.69) is 25.4 Å². The summed E-state index contributed by atoms with van der Waals surface area (Å²) in [4.78, 5) is 20.9. The van der Waals surface area contributed by atoms with E-state index in [-0.39, 0.29) is 12.5 Å². The summed E-state index contributed by atoms with van der Waals surface area (Å²) in [5.74, 6) is 1.61. The molecule has 1 saturated heterocycles. The molecule has 2 rings (SSSR count). The number of amides is 1. The Morgan fingerprint density at radius 3 is 2.54 bits per heavy atom. The summed E-state index contributed by atoms with van der Waals surface area (Å²) in [7, 11) is 1.61. The molecule has 1 fully saturated rings. The molecule has 0 radical (unpaired) electrons. The number of hydrogen-bond donors (Lipinski definition) is 2. The average molecular weight is 392 g/mol. The highest BCUT2D eigenvalue weighted by Gasteiger charge is 2.19. The van der Waals surface area contributed by atoms with Crippen molar-refractivity contribution in [1.82, 2.24) is 20.4 Å². The van der Waals surface area contributed by atoms with Crippen molar-refractivity contribution in [2.24, 2.45) is 4.99 Å². The van der Waals surface area contributed by atoms with Crippen molar-refractivity contribution < 1.29 is 14.3 Å². The summed E-state index contributed by atoms with van der Waals surface area (Å²) in [6.07, 6.45) is 0. The van der Waals surface area contributed by atoms with Gasteiger partial charge in [0.1, 0.15) is 18.9 Å². The van der Waals surface area contributed by atoms with Gasteiger partial charge in [-0.3, -0.25) is 9.69 Å². The Hall–Kier alpha value is -2.32. The first kappa shape index (κ1) is 22.0. The van der Waals surface area contributed by atoms with E-state index in [0.717, 1.165) is 51.0 Å². The lowest BCUT2D eigenvalue weighted by Crippen LogP contribution is -2.53. The third kappa shape index (κ3) is 8.14. The fraction of sp³-hybridized carbons (Fsp3) is 0.600. The van der Waals surface area contributed by atoms with Gasteiger partial charge in [0.05, 0.1) is 6.61 Å². The van der Waals surface area contributed by atoms with Crippen LogP contribution in [0.3, 0.4) is 0 Å². The monoisotopic (exact) mass is 391 g/mol. The zero-order chi connectivity index (χ0) is 20.0. The zero-order valence-electron chi connectivity index (χ0n) is 17.0. The molecule has 1 aliphatic heterocycles. The second-order valence-corrected chi connectivity index (χ2v) is 6.50. The molecule has 156 valence electrons. The number of nitrogens with zero attached hydrogens (tertiary/aromatic N) is 3. The Bertz CT molecular complexity index is 589. The van der Waals surface area contributed by atoms with E-state index in [4.69, 9.17) is 9.47 Å². The van der Waals surface area contributed by atoms with Crippen molar-refractivity contribution in [1.29, 1.82) is 0 Å². The third-order valence-electron chi connectivity index (χ3n) is 4.43. The molecule has 8 nitrogen and oxygen atoms in total. The molecule has 0 saturated carbocycles. The van der Waals surface area contributed by atoms with Crippen molar-refractivity contribution >= 4 is 11.9 Å². The second kappa shape index (κ2) is 13.0. The van der Waals surface area contributed by atoms with Gasteiger partial charge in [-0.15, -0.1) is 0 Å². The molecule has 1 aliphatic rings. The van der Waals surface area contributed by atoms with Gasteiger partial charge in [-0.2, -0.15) is 0 Å². The number of methoxy groups -OCH3 is 1. The predicted molar refractivity (Wildman–Crippen MR) is 111 cm³/mol. The predicted octanol–water partition coefficient (Wildman–Crippen LogP) is 0.411. The van der Waals surface area contributed by atoms with Crippen LogP contribution < -0.4 is 15.4 Å². The van der Waals surface area contributed by atoms with Gasteiger partial charge in [-0.1, -0.05) is 18.2 Å². The number of guanidine groups is 1. The second-order valence-electron chi connectivity index (χ2n) is 6.50. The van der Waals surface area contributed by atoms with Crippen molar-refractivity contribution in [2.45, 2.75) is 6.92 Å². The number of para-hydroxylation sites is 1. The summed E-state index contributed by atoms with van der Waals surface area (Å²) in [6, 6.07) is 9.89. The maximum atomic E-state index is 11.9. The third-order valence-corrected chi connectivity index (χ3v) is 4.43. The highest BCUT2D eigenvalue weighted by molar-refractivity contribution is 5.85. The van der Waals surface area contributed by atoms with Gasteiger partial charge in [0.25, 0.3) is 0 Å². The number of piperazine rings is 1. The van der Waals surface area contributed by atoms with E-state index in [1.54, 1.807) is 7.11 Å². The van der Waals surface area contributed by atoms with Crippen molar-refractivity contribution in [3.05, 3.63) is 30.3 Å². The summed E-state index contributed by atoms with van der Waals surface area (Å²) in [6.45, 7) is 9.17. The normalized spacial score (nSPS) is 15.4. The zero-order valence-corrected chi connectivity index (χ0v) is 17.0. The van der Waals surface area contributed by atoms with Crippen LogP contribution in [0.15, 0.2) is 35.3 Å². The van der Waals surface area contributed by atoms with Crippen LogP contribution in [-0.4, -0.2) is 94.3 Å². The minimum absolute atomic E-state index is 0.0934. The van der Waals surface area contributed by atoms with Gasteiger partial charge in [0, 0.05) is 52.9 Å². The maximum Gasteiger partial charge on any atom is 0.241 e. The van der Waals surface area contributed by atoms with Gasteiger partial charge in [0.2, 0.25) is 5.91 Å². The molecule has 0 bridgehead atoms. The fourth-order valence-electron chi connectivity index (χ4n) is 2.91. The Kier molecular flexibility index (Phi) is 10.2. The average Bonchev–Trinajstić information content (AvgIpc) is 2.73. The molecule has 0 atom stereocenters. The first-order valence-electron chi connectivity index (χ1n) is 9.92. The number of aliphatic imine (C=N–C) groups is 1. The summed E-state index contributed by atoms with van der Waals surface area (Å²) >= 11 is 0. The fourth-order valence-corrected chi connectivity index (χ4v) is 2.91. The lowest BCUT2D eigenvalue weighted by Gasteiger charge is -2.36. The van der Waals surface area contributed by atoms with Crippen molar-refractivity contribution in [2.75, 3.05) is 72.7 Å². The van der Waals surface area contributed by atoms with E-state index in [9.17, 15) is 4.79 Å². The molecule has 28 heavy (non-hydrogen) atoms. The van der Waals surface area contributed by atoms with Crippen LogP contribution in [-0.2, 0) is 9.53 Å². The quantitative estimate of drug-likeness (QED) is 0.342. The van der Waals surface area contributed by atoms with Crippen LogP contribution in [0.5, 0.6) is 5.75 Å². The van der Waals surface area contributed by atoms with Crippen LogP contribution in [0.4, 0.5) is 0 Å². The minimum atomic E-state index is -0.0934. The Balaban J connectivity index is 1.71. The molecule has 1 heterocycles.